The van der Waals surface area contributed by atoms with E-state index < -0.39 is 32.2 Å². The number of rotatable bonds is 49. The summed E-state index contributed by atoms with van der Waals surface area (Å²) < 4.78 is 33.8. The number of nitrogens with zero attached hydrogens (tertiary/aromatic N) is 12. The number of nitro benzene ring substituents is 2. The normalized spacial score (nSPS) is 11.1. The number of carbonyl (C=O) groups excluding carboxylic acids is 3. The Hall–Kier alpha value is -13.9. The average molecular weight is 1800 g/mol. The predicted octanol–water partition coefficient (Wildman–Crippen LogP) is 26.2. The SMILES string of the molecule is CCCCCCCCCCc1cc(N)cc(N)c1.CCCCCCCCCCc1cc(N)cc(NC(=O)c2cc(OCCN(CC)c3ccc(N=Nc4cc(OC)c(N=Nc5ccc([N+](=O)[O-])cc5)cc4OC)cc3)cc(C(=O)O)c2)c1.CCN(CCOc1cc(C(=O)Cl)cc(C(=O)Cl)c1)c1ccc(N=Nc2cc(OC)c(N=Nc3ccc([N+](=O)[O-])cc3)cc2OC)cc1. The van der Waals surface area contributed by atoms with E-state index in [0.717, 1.165) is 54.0 Å². The van der Waals surface area contributed by atoms with Gasteiger partial charge in [0.15, 0.2) is 0 Å². The number of benzene rings is 10. The minimum Gasteiger partial charge on any atom is -0.494 e. The van der Waals surface area contributed by atoms with Gasteiger partial charge in [-0.25, -0.2) is 4.79 Å². The largest absolute Gasteiger partial charge is 0.494 e. The van der Waals surface area contributed by atoms with Crippen molar-refractivity contribution >= 4 is 137 Å². The summed E-state index contributed by atoms with van der Waals surface area (Å²) in [6, 6.07) is 52.6. The second-order valence-corrected chi connectivity index (χ2v) is 30.5. The van der Waals surface area contributed by atoms with E-state index in [1.54, 1.807) is 30.3 Å². The Morgan fingerprint density at radius 2 is 0.698 bits per heavy atom. The lowest BCUT2D eigenvalue weighted by atomic mass is 10.0. The molecule has 0 bridgehead atoms. The third-order valence-electron chi connectivity index (χ3n) is 20.4. The number of hydrogen-bond donors (Lipinski definition) is 5. The van der Waals surface area contributed by atoms with Crippen LogP contribution in [-0.2, 0) is 12.8 Å². The molecule has 0 atom stereocenters. The number of nitro groups is 2. The molecule has 0 unspecified atom stereocenters. The molecule has 0 heterocycles. The highest BCUT2D eigenvalue weighted by atomic mass is 35.5. The van der Waals surface area contributed by atoms with Gasteiger partial charge in [0.05, 0.1) is 79.7 Å². The van der Waals surface area contributed by atoms with Crippen molar-refractivity contribution in [3.8, 4) is 34.5 Å². The monoisotopic (exact) mass is 1800 g/mol. The molecular formula is C96H112Cl2N16O15. The zero-order chi connectivity index (χ0) is 93.0. The highest BCUT2D eigenvalue weighted by Gasteiger charge is 2.20. The van der Waals surface area contributed by atoms with Gasteiger partial charge < -0.3 is 65.8 Å². The lowest BCUT2D eigenvalue weighted by Crippen LogP contribution is -2.28. The molecule has 1 amide bonds. The summed E-state index contributed by atoms with van der Waals surface area (Å²) in [4.78, 5) is 73.7. The van der Waals surface area contributed by atoms with Crippen molar-refractivity contribution in [2.24, 2.45) is 40.9 Å². The second kappa shape index (κ2) is 53.5. The van der Waals surface area contributed by atoms with Crippen LogP contribution in [0.2, 0.25) is 0 Å². The lowest BCUT2D eigenvalue weighted by Gasteiger charge is -2.23. The van der Waals surface area contributed by atoms with E-state index in [1.165, 1.54) is 209 Å². The fourth-order valence-electron chi connectivity index (χ4n) is 13.5. The van der Waals surface area contributed by atoms with Gasteiger partial charge >= 0.3 is 5.97 Å². The van der Waals surface area contributed by atoms with Gasteiger partial charge in [-0.3, -0.25) is 34.6 Å². The number of nitrogens with two attached hydrogens (primary N) is 3. The van der Waals surface area contributed by atoms with Crippen molar-refractivity contribution in [3.63, 3.8) is 0 Å². The molecule has 8 N–H and O–H groups in total. The number of nitrogens with one attached hydrogen (secondary N) is 1. The summed E-state index contributed by atoms with van der Waals surface area (Å²) in [7, 11) is 5.94. The highest BCUT2D eigenvalue weighted by molar-refractivity contribution is 6.69. The molecule has 0 spiro atoms. The van der Waals surface area contributed by atoms with Crippen molar-refractivity contribution in [3.05, 3.63) is 248 Å². The molecule has 680 valence electrons. The van der Waals surface area contributed by atoms with Crippen LogP contribution in [0.3, 0.4) is 0 Å². The van der Waals surface area contributed by atoms with Crippen LogP contribution in [0.1, 0.15) is 183 Å². The fourth-order valence-corrected chi connectivity index (χ4v) is 13.7. The van der Waals surface area contributed by atoms with E-state index in [0.29, 0.717) is 112 Å². The summed E-state index contributed by atoms with van der Waals surface area (Å²) in [5.41, 5.74) is 28.3. The summed E-state index contributed by atoms with van der Waals surface area (Å²) in [5.74, 6) is 0.395. The van der Waals surface area contributed by atoms with E-state index in [9.17, 15) is 44.5 Å². The molecule has 129 heavy (non-hydrogen) atoms. The summed E-state index contributed by atoms with van der Waals surface area (Å²) >= 11 is 11.2. The number of amides is 1. The first-order valence-corrected chi connectivity index (χ1v) is 43.5. The number of aromatic carboxylic acids is 1. The van der Waals surface area contributed by atoms with Gasteiger partial charge in [-0.05, 0) is 219 Å². The zero-order valence-electron chi connectivity index (χ0n) is 74.0. The summed E-state index contributed by atoms with van der Waals surface area (Å²) in [6.07, 6.45) is 22.5. The molecule has 0 fully saturated rings. The number of ether oxygens (including phenoxy) is 6. The lowest BCUT2D eigenvalue weighted by molar-refractivity contribution is -0.385. The maximum absolute atomic E-state index is 13.4. The van der Waals surface area contributed by atoms with Crippen LogP contribution in [0, 0.1) is 20.2 Å². The topological polar surface area (TPSA) is 426 Å². The molecule has 33 heteroatoms. The fraction of sp³-hybridized carbons (Fsp3) is 0.333. The number of carboxylic acid groups (broad SMARTS) is 1. The number of non-ortho nitro benzene ring substituents is 2. The van der Waals surface area contributed by atoms with Crippen molar-refractivity contribution < 1.29 is 62.6 Å². The van der Waals surface area contributed by atoms with E-state index in [-0.39, 0.29) is 52.6 Å². The third kappa shape index (κ3) is 33.7. The molecule has 0 aliphatic heterocycles. The molecule has 10 aromatic carbocycles. The zero-order valence-corrected chi connectivity index (χ0v) is 75.5. The minimum atomic E-state index is -1.18. The quantitative estimate of drug-likeness (QED) is 0.00590. The van der Waals surface area contributed by atoms with Crippen molar-refractivity contribution in [2.75, 3.05) is 100 Å². The smallest absolute Gasteiger partial charge is 0.335 e. The number of carbonyl (C=O) groups is 4. The Bertz CT molecular complexity index is 5420. The van der Waals surface area contributed by atoms with Gasteiger partial charge in [-0.15, -0.1) is 20.5 Å². The number of aryl methyl sites for hydroxylation is 2. The average Bonchev–Trinajstić information content (AvgIpc) is 0.825. The number of hydrogen-bond acceptors (Lipinski definition) is 27. The molecule has 10 aromatic rings. The predicted molar refractivity (Wildman–Crippen MR) is 509 cm³/mol. The first-order valence-electron chi connectivity index (χ1n) is 42.8. The molecular weight excluding hydrogens is 1690 g/mol. The molecule has 0 radical (unpaired) electrons. The van der Waals surface area contributed by atoms with Crippen LogP contribution in [0.4, 0.5) is 91.0 Å². The third-order valence-corrected chi connectivity index (χ3v) is 20.8. The number of nitrogen functional groups attached to an aromatic ring is 3. The Morgan fingerprint density at radius 1 is 0.388 bits per heavy atom. The Morgan fingerprint density at radius 3 is 1.02 bits per heavy atom. The first-order chi connectivity index (χ1) is 62.3. The first kappa shape index (κ1) is 100. The van der Waals surface area contributed by atoms with E-state index in [2.05, 4.69) is 69.9 Å². The Labute approximate surface area is 761 Å². The van der Waals surface area contributed by atoms with Gasteiger partial charge in [0.2, 0.25) is 0 Å². The second-order valence-electron chi connectivity index (χ2n) is 29.8. The van der Waals surface area contributed by atoms with Gasteiger partial charge in [0.25, 0.3) is 27.8 Å². The summed E-state index contributed by atoms with van der Waals surface area (Å²) in [6.45, 7) is 11.3. The van der Waals surface area contributed by atoms with Crippen molar-refractivity contribution in [1.29, 1.82) is 0 Å². The number of halogens is 2. The van der Waals surface area contributed by atoms with E-state index in [1.807, 2.05) is 92.7 Å². The van der Waals surface area contributed by atoms with Crippen LogP contribution in [-0.4, -0.2) is 105 Å². The van der Waals surface area contributed by atoms with Gasteiger partial charge in [-0.1, -0.05) is 104 Å². The molecule has 10 rings (SSSR count). The number of anilines is 6. The number of methoxy groups -OCH3 is 4. The van der Waals surface area contributed by atoms with Crippen molar-refractivity contribution in [1.82, 2.24) is 0 Å². The maximum Gasteiger partial charge on any atom is 0.335 e. The molecule has 0 saturated carbocycles. The van der Waals surface area contributed by atoms with Crippen molar-refractivity contribution in [2.45, 2.75) is 143 Å². The Balaban J connectivity index is 0.000000275. The molecule has 0 aromatic heterocycles. The maximum atomic E-state index is 13.4. The van der Waals surface area contributed by atoms with Crippen LogP contribution in [0.25, 0.3) is 0 Å². The van der Waals surface area contributed by atoms with Gasteiger partial charge in [0.1, 0.15) is 70.5 Å². The van der Waals surface area contributed by atoms with Crippen LogP contribution in [0.15, 0.2) is 235 Å². The number of unbranched alkanes of at least 4 members (excludes halogenated alkanes) is 14. The molecule has 31 nitrogen and oxygen atoms in total. The number of likely N-dealkylation sites (N-methyl/N-ethyl adjacent to an activating group) is 2. The van der Waals surface area contributed by atoms with Crippen LogP contribution in [0.5, 0.6) is 34.5 Å². The Kier molecular flexibility index (Phi) is 41.7. The molecule has 0 aliphatic rings. The highest BCUT2D eigenvalue weighted by Crippen LogP contribution is 2.44. The molecule has 0 aliphatic carbocycles. The number of carboxylic acids is 1. The van der Waals surface area contributed by atoms with Gasteiger partial charge in [-0.2, -0.15) is 20.5 Å². The van der Waals surface area contributed by atoms with Gasteiger partial charge in [0, 0.05) is 112 Å². The summed E-state index contributed by atoms with van der Waals surface area (Å²) in [5, 5.41) is 67.3. The standard InChI is InChI=1S/C48H56N8O8.C32H28Cl2N6O7.C16H28N2/c1-5-7-8-9-10-11-12-13-14-33-25-36(49)30-39(26-33)50-47(57)34-27-35(48(58)59)29-42(28-34)64-24-23-55(6-2)40-19-15-37(16-20-40)51-53-43-31-46(63-4)44(32-45(43)62-3)54-52-38-17-21-41(22-18-38)56(60)61;1-4-39(13-14-47-26-16-20(31(33)41)15-21(17-26)32(34)42)24-9-5-22(6-10-24)35-37-27-18-30(46-3)28(19-29(27)45-2)38-36-23-7-11-25(12-8-23)40(43)44;1-2-3-4-5-6-7-8-9-10-14-11-15(17)13-16(18)12-14/h15-22,25-32H,5-14,23-24,49H2,1-4H3,(H,50,57)(H,58,59);5-12,15-19H,4,13-14H2,1-3H3;11-13H,2-10,17-18H2,1H3. The minimum absolute atomic E-state index is 0.0480. The van der Waals surface area contributed by atoms with E-state index in [4.69, 9.17) is 68.8 Å². The van der Waals surface area contributed by atoms with Crippen LogP contribution >= 0.6 is 23.2 Å². The van der Waals surface area contributed by atoms with Crippen LogP contribution < -0.4 is 60.7 Å². The number of azo groups is 4. The van der Waals surface area contributed by atoms with E-state index >= 15 is 0 Å². The molecule has 0 saturated heterocycles.